The highest BCUT2D eigenvalue weighted by Gasteiger charge is 2.35. The SMILES string of the molecule is Cc1cc(C)c(C)c(S(=O)(=O)N2CCC(C(=O)O[C@H](C)C(=O)N(C)C)CC2)c1C. The third-order valence-electron chi connectivity index (χ3n) is 5.76. The molecule has 0 N–H and O–H groups in total. The van der Waals surface area contributed by atoms with Gasteiger partial charge in [0.2, 0.25) is 10.0 Å². The first-order valence-corrected chi connectivity index (χ1v) is 11.3. The Morgan fingerprint density at radius 1 is 1.07 bits per heavy atom. The number of rotatable bonds is 5. The van der Waals surface area contributed by atoms with E-state index < -0.39 is 28.0 Å². The summed E-state index contributed by atoms with van der Waals surface area (Å²) in [5, 5.41) is 0. The molecule has 162 valence electrons. The molecule has 1 aliphatic heterocycles. The highest BCUT2D eigenvalue weighted by atomic mass is 32.2. The molecule has 1 aromatic carbocycles. The summed E-state index contributed by atoms with van der Waals surface area (Å²) < 4.78 is 33.4. The van der Waals surface area contributed by atoms with Gasteiger partial charge in [-0.3, -0.25) is 9.59 Å². The van der Waals surface area contributed by atoms with Gasteiger partial charge in [-0.2, -0.15) is 4.31 Å². The average molecular weight is 425 g/mol. The van der Waals surface area contributed by atoms with Crippen molar-refractivity contribution in [2.75, 3.05) is 27.2 Å². The zero-order valence-electron chi connectivity index (χ0n) is 18.4. The van der Waals surface area contributed by atoms with E-state index in [2.05, 4.69) is 0 Å². The van der Waals surface area contributed by atoms with Crippen LogP contribution in [0, 0.1) is 33.6 Å². The molecule has 8 heteroatoms. The van der Waals surface area contributed by atoms with Crippen molar-refractivity contribution in [2.24, 2.45) is 5.92 Å². The molecule has 29 heavy (non-hydrogen) atoms. The van der Waals surface area contributed by atoms with Crippen molar-refractivity contribution >= 4 is 21.9 Å². The Bertz CT molecular complexity index is 874. The van der Waals surface area contributed by atoms with Crippen LogP contribution in [0.25, 0.3) is 0 Å². The molecule has 0 radical (unpaired) electrons. The first-order valence-electron chi connectivity index (χ1n) is 9.87. The van der Waals surface area contributed by atoms with Crippen LogP contribution in [0.4, 0.5) is 0 Å². The minimum absolute atomic E-state index is 0.254. The number of hydrogen-bond donors (Lipinski definition) is 0. The van der Waals surface area contributed by atoms with Crippen LogP contribution in [0.2, 0.25) is 0 Å². The number of carbonyl (C=O) groups excluding carboxylic acids is 2. The second-order valence-electron chi connectivity index (χ2n) is 8.08. The molecule has 1 amide bonds. The van der Waals surface area contributed by atoms with Crippen LogP contribution in [0.15, 0.2) is 11.0 Å². The third-order valence-corrected chi connectivity index (χ3v) is 7.94. The number of hydrogen-bond acceptors (Lipinski definition) is 5. The van der Waals surface area contributed by atoms with E-state index in [0.29, 0.717) is 17.7 Å². The quantitative estimate of drug-likeness (QED) is 0.678. The second kappa shape index (κ2) is 8.83. The first kappa shape index (κ1) is 23.3. The van der Waals surface area contributed by atoms with Gasteiger partial charge in [0, 0.05) is 27.2 Å². The summed E-state index contributed by atoms with van der Waals surface area (Å²) in [4.78, 5) is 26.0. The van der Waals surface area contributed by atoms with Crippen molar-refractivity contribution in [3.8, 4) is 0 Å². The van der Waals surface area contributed by atoms with Gasteiger partial charge < -0.3 is 9.64 Å². The van der Waals surface area contributed by atoms with Crippen LogP contribution in [0.1, 0.15) is 42.0 Å². The van der Waals surface area contributed by atoms with E-state index in [1.807, 2.05) is 33.8 Å². The number of esters is 1. The Morgan fingerprint density at radius 2 is 1.55 bits per heavy atom. The Balaban J connectivity index is 2.11. The highest BCUT2D eigenvalue weighted by Crippen LogP contribution is 2.31. The molecule has 7 nitrogen and oxygen atoms in total. The number of amides is 1. The Morgan fingerprint density at radius 3 is 2.00 bits per heavy atom. The van der Waals surface area contributed by atoms with Gasteiger partial charge in [0.05, 0.1) is 10.8 Å². The predicted molar refractivity (Wildman–Crippen MR) is 111 cm³/mol. The Labute approximate surface area is 174 Å². The van der Waals surface area contributed by atoms with Gasteiger partial charge in [-0.1, -0.05) is 6.07 Å². The molecule has 1 atom stereocenters. The van der Waals surface area contributed by atoms with E-state index in [1.54, 1.807) is 21.0 Å². The van der Waals surface area contributed by atoms with Crippen molar-refractivity contribution in [3.63, 3.8) is 0 Å². The molecule has 0 aliphatic carbocycles. The minimum Gasteiger partial charge on any atom is -0.452 e. The molecule has 1 aromatic rings. The molecule has 2 rings (SSSR count). The van der Waals surface area contributed by atoms with E-state index in [-0.39, 0.29) is 19.0 Å². The lowest BCUT2D eigenvalue weighted by Gasteiger charge is -2.32. The van der Waals surface area contributed by atoms with Gasteiger partial charge in [-0.25, -0.2) is 8.42 Å². The summed E-state index contributed by atoms with van der Waals surface area (Å²) in [6.07, 6.45) is -0.0898. The molecule has 0 saturated carbocycles. The van der Waals surface area contributed by atoms with Crippen molar-refractivity contribution < 1.29 is 22.7 Å². The largest absolute Gasteiger partial charge is 0.452 e. The van der Waals surface area contributed by atoms with E-state index in [0.717, 1.165) is 22.3 Å². The van der Waals surface area contributed by atoms with E-state index in [1.165, 1.54) is 9.21 Å². The Kier molecular flexibility index (Phi) is 7.11. The number of benzene rings is 1. The first-order chi connectivity index (χ1) is 13.4. The predicted octanol–water partition coefficient (Wildman–Crippen LogP) is 2.34. The molecular formula is C21H32N2O5S. The fourth-order valence-corrected chi connectivity index (χ4v) is 5.76. The number of carbonyl (C=O) groups is 2. The van der Waals surface area contributed by atoms with Gasteiger partial charge >= 0.3 is 5.97 Å². The molecule has 0 bridgehead atoms. The second-order valence-corrected chi connectivity index (χ2v) is 9.95. The molecule has 1 saturated heterocycles. The summed E-state index contributed by atoms with van der Waals surface area (Å²) in [6.45, 7) is 9.56. The minimum atomic E-state index is -3.64. The van der Waals surface area contributed by atoms with Crippen molar-refractivity contribution in [2.45, 2.75) is 58.5 Å². The maximum absolute atomic E-state index is 13.3. The van der Waals surface area contributed by atoms with Gasteiger partial charge in [0.25, 0.3) is 5.91 Å². The number of nitrogens with zero attached hydrogens (tertiary/aromatic N) is 2. The lowest BCUT2D eigenvalue weighted by Crippen LogP contribution is -2.42. The number of sulfonamides is 1. The van der Waals surface area contributed by atoms with Crippen LogP contribution in [0.3, 0.4) is 0 Å². The number of aryl methyl sites for hydroxylation is 2. The van der Waals surface area contributed by atoms with Gasteiger partial charge in [-0.05, 0) is 69.7 Å². The monoisotopic (exact) mass is 424 g/mol. The third kappa shape index (κ3) is 4.80. The van der Waals surface area contributed by atoms with Crippen LogP contribution in [-0.2, 0) is 24.3 Å². The van der Waals surface area contributed by atoms with Gasteiger partial charge in [0.1, 0.15) is 0 Å². The van der Waals surface area contributed by atoms with Gasteiger partial charge in [0.15, 0.2) is 6.10 Å². The van der Waals surface area contributed by atoms with Crippen LogP contribution < -0.4 is 0 Å². The Hall–Kier alpha value is -1.93. The molecule has 0 unspecified atom stereocenters. The number of piperidine rings is 1. The molecule has 1 aliphatic rings. The van der Waals surface area contributed by atoms with Crippen LogP contribution >= 0.6 is 0 Å². The zero-order valence-corrected chi connectivity index (χ0v) is 19.2. The smallest absolute Gasteiger partial charge is 0.309 e. The average Bonchev–Trinajstić information content (AvgIpc) is 2.65. The fourth-order valence-electron chi connectivity index (χ4n) is 3.71. The van der Waals surface area contributed by atoms with E-state index in [9.17, 15) is 18.0 Å². The lowest BCUT2D eigenvalue weighted by molar-refractivity contribution is -0.162. The summed E-state index contributed by atoms with van der Waals surface area (Å²) >= 11 is 0. The molecule has 0 aromatic heterocycles. The summed E-state index contributed by atoms with van der Waals surface area (Å²) in [7, 11) is -0.436. The topological polar surface area (TPSA) is 84.0 Å². The van der Waals surface area contributed by atoms with Crippen LogP contribution in [-0.4, -0.2) is 62.8 Å². The normalized spacial score (nSPS) is 17.1. The maximum atomic E-state index is 13.3. The lowest BCUT2D eigenvalue weighted by atomic mass is 9.98. The van der Waals surface area contributed by atoms with E-state index >= 15 is 0 Å². The van der Waals surface area contributed by atoms with Crippen molar-refractivity contribution in [1.82, 2.24) is 9.21 Å². The number of likely N-dealkylation sites (N-methyl/N-ethyl adjacent to an activating group) is 1. The maximum Gasteiger partial charge on any atom is 0.309 e. The zero-order chi connectivity index (χ0) is 22.1. The van der Waals surface area contributed by atoms with Crippen molar-refractivity contribution in [1.29, 1.82) is 0 Å². The molecule has 1 fully saturated rings. The van der Waals surface area contributed by atoms with E-state index in [4.69, 9.17) is 4.74 Å². The van der Waals surface area contributed by atoms with Gasteiger partial charge in [-0.15, -0.1) is 0 Å². The fraction of sp³-hybridized carbons (Fsp3) is 0.619. The highest BCUT2D eigenvalue weighted by molar-refractivity contribution is 7.89. The summed E-state index contributed by atoms with van der Waals surface area (Å²) in [5.41, 5.74) is 3.44. The number of ether oxygens (including phenoxy) is 1. The van der Waals surface area contributed by atoms with Crippen molar-refractivity contribution in [3.05, 3.63) is 28.3 Å². The summed E-state index contributed by atoms with van der Waals surface area (Å²) in [5.74, 6) is -1.12. The van der Waals surface area contributed by atoms with Crippen LogP contribution in [0.5, 0.6) is 0 Å². The molecular weight excluding hydrogens is 392 g/mol. The standard InChI is InChI=1S/C21H32N2O5S/c1-13-12-14(2)16(4)19(15(13)3)29(26,27)23-10-8-18(9-11-23)21(25)28-17(5)20(24)22(6)7/h12,17-18H,8-11H2,1-7H3/t17-/m1/s1. The molecule has 0 spiro atoms. The summed E-state index contributed by atoms with van der Waals surface area (Å²) in [6, 6.07) is 2.00. The molecule has 1 heterocycles.